The molecule has 236 valence electrons. The predicted octanol–water partition coefficient (Wildman–Crippen LogP) is 6.10. The van der Waals surface area contributed by atoms with Gasteiger partial charge in [-0.2, -0.15) is 0 Å². The molecule has 1 unspecified atom stereocenters. The van der Waals surface area contributed by atoms with E-state index >= 15 is 0 Å². The monoisotopic (exact) mass is 647 g/mol. The highest BCUT2D eigenvalue weighted by Gasteiger charge is 2.36. The number of hydrogen-bond donors (Lipinski definition) is 1. The third-order valence-electron chi connectivity index (χ3n) is 7.03. The number of rotatable bonds is 12. The molecule has 0 bridgehead atoms. The molecule has 0 radical (unpaired) electrons. The third kappa shape index (κ3) is 8.65. The first-order valence-electron chi connectivity index (χ1n) is 14.5. The van der Waals surface area contributed by atoms with Gasteiger partial charge in [0, 0.05) is 23.5 Å². The number of ether oxygens (including phenoxy) is 1. The van der Waals surface area contributed by atoms with E-state index in [1.807, 2.05) is 51.1 Å². The topological polar surface area (TPSA) is 96.0 Å². The summed E-state index contributed by atoms with van der Waals surface area (Å²) in [6, 6.07) is 29.9. The van der Waals surface area contributed by atoms with Crippen molar-refractivity contribution in [1.82, 2.24) is 10.2 Å². The van der Waals surface area contributed by atoms with E-state index < -0.39 is 34.1 Å². The molecule has 0 spiro atoms. The smallest absolute Gasteiger partial charge is 0.264 e. The van der Waals surface area contributed by atoms with Crippen LogP contribution in [0.15, 0.2) is 114 Å². The van der Waals surface area contributed by atoms with Gasteiger partial charge in [0.05, 0.1) is 17.7 Å². The molecule has 0 aliphatic carbocycles. The summed E-state index contributed by atoms with van der Waals surface area (Å²) < 4.78 is 34.9. The summed E-state index contributed by atoms with van der Waals surface area (Å²) in [5.41, 5.74) is 1.05. The van der Waals surface area contributed by atoms with E-state index in [1.54, 1.807) is 66.7 Å². The zero-order chi connectivity index (χ0) is 32.6. The Balaban J connectivity index is 1.85. The number of sulfonamides is 1. The van der Waals surface area contributed by atoms with Gasteiger partial charge in [0.2, 0.25) is 11.8 Å². The molecule has 0 heterocycles. The summed E-state index contributed by atoms with van der Waals surface area (Å²) in [5.74, 6) is -0.694. The first kappa shape index (κ1) is 33.6. The van der Waals surface area contributed by atoms with Crippen molar-refractivity contribution in [2.45, 2.75) is 50.2 Å². The van der Waals surface area contributed by atoms with Crippen molar-refractivity contribution in [2.75, 3.05) is 18.0 Å². The molecule has 0 aliphatic heterocycles. The second kappa shape index (κ2) is 14.6. The quantitative estimate of drug-likeness (QED) is 0.201. The highest BCUT2D eigenvalue weighted by molar-refractivity contribution is 7.92. The molecular weight excluding hydrogens is 610 g/mol. The van der Waals surface area contributed by atoms with Gasteiger partial charge in [-0.05, 0) is 62.2 Å². The van der Waals surface area contributed by atoms with Crippen LogP contribution in [-0.4, -0.2) is 50.4 Å². The number of nitrogens with one attached hydrogen (secondary N) is 1. The molecule has 45 heavy (non-hydrogen) atoms. The molecule has 0 fully saturated rings. The number of carbonyl (C=O) groups is 2. The lowest BCUT2D eigenvalue weighted by Gasteiger charge is -2.35. The minimum atomic E-state index is -4.25. The minimum Gasteiger partial charge on any atom is -0.495 e. The fourth-order valence-electron chi connectivity index (χ4n) is 4.89. The van der Waals surface area contributed by atoms with Gasteiger partial charge in [-0.1, -0.05) is 90.5 Å². The normalized spacial score (nSPS) is 12.2. The molecule has 1 N–H and O–H groups in total. The summed E-state index contributed by atoms with van der Waals surface area (Å²) in [5, 5.41) is 3.44. The number of nitrogens with zero attached hydrogens (tertiary/aromatic N) is 2. The molecule has 10 heteroatoms. The number of halogens is 1. The van der Waals surface area contributed by atoms with Crippen LogP contribution in [-0.2, 0) is 32.6 Å². The fraction of sp³-hybridized carbons (Fsp3) is 0.257. The molecule has 4 rings (SSSR count). The Morgan fingerprint density at radius 1 is 0.844 bits per heavy atom. The highest BCUT2D eigenvalue weighted by Crippen LogP contribution is 2.33. The van der Waals surface area contributed by atoms with Gasteiger partial charge in [-0.25, -0.2) is 8.42 Å². The predicted molar refractivity (Wildman–Crippen MR) is 178 cm³/mol. The number of methoxy groups -OCH3 is 1. The Bertz CT molecular complexity index is 1710. The van der Waals surface area contributed by atoms with Crippen LogP contribution in [0.5, 0.6) is 5.75 Å². The summed E-state index contributed by atoms with van der Waals surface area (Å²) >= 11 is 6.56. The number of amides is 2. The highest BCUT2D eigenvalue weighted by atomic mass is 35.5. The average molecular weight is 648 g/mol. The maximum Gasteiger partial charge on any atom is 0.264 e. The lowest BCUT2D eigenvalue weighted by molar-refractivity contribution is -0.140. The van der Waals surface area contributed by atoms with Crippen molar-refractivity contribution in [3.05, 3.63) is 125 Å². The van der Waals surface area contributed by atoms with Crippen molar-refractivity contribution in [2.24, 2.45) is 0 Å². The summed E-state index contributed by atoms with van der Waals surface area (Å²) in [6.07, 6.45) is 0.193. The lowest BCUT2D eigenvalue weighted by atomic mass is 10.0. The largest absolute Gasteiger partial charge is 0.495 e. The first-order valence-corrected chi connectivity index (χ1v) is 16.3. The van der Waals surface area contributed by atoms with Crippen LogP contribution in [0.2, 0.25) is 5.02 Å². The van der Waals surface area contributed by atoms with Crippen molar-refractivity contribution in [3.8, 4) is 5.75 Å². The van der Waals surface area contributed by atoms with Gasteiger partial charge >= 0.3 is 0 Å². The number of benzene rings is 4. The van der Waals surface area contributed by atoms with Crippen LogP contribution in [0.4, 0.5) is 5.69 Å². The Kier molecular flexibility index (Phi) is 10.9. The van der Waals surface area contributed by atoms with Crippen molar-refractivity contribution in [3.63, 3.8) is 0 Å². The molecule has 1 atom stereocenters. The minimum absolute atomic E-state index is 0.00710. The zero-order valence-corrected chi connectivity index (χ0v) is 27.4. The second-order valence-corrected chi connectivity index (χ2v) is 13.8. The number of carbonyl (C=O) groups excluding carboxylic acids is 2. The molecule has 4 aromatic carbocycles. The number of hydrogen-bond acceptors (Lipinski definition) is 5. The maximum absolute atomic E-state index is 14.6. The van der Waals surface area contributed by atoms with Gasteiger partial charge in [0.15, 0.2) is 0 Å². The van der Waals surface area contributed by atoms with E-state index in [1.165, 1.54) is 24.1 Å². The van der Waals surface area contributed by atoms with Crippen molar-refractivity contribution >= 4 is 39.1 Å². The second-order valence-electron chi connectivity index (χ2n) is 11.6. The number of para-hydroxylation sites is 2. The third-order valence-corrected chi connectivity index (χ3v) is 9.17. The maximum atomic E-state index is 14.6. The fourth-order valence-corrected chi connectivity index (χ4v) is 6.53. The van der Waals surface area contributed by atoms with Gasteiger partial charge in [-0.3, -0.25) is 13.9 Å². The van der Waals surface area contributed by atoms with Crippen LogP contribution in [0.3, 0.4) is 0 Å². The van der Waals surface area contributed by atoms with Gasteiger partial charge in [0.1, 0.15) is 18.3 Å². The molecule has 0 aromatic heterocycles. The molecular formula is C35H38ClN3O5S. The van der Waals surface area contributed by atoms with Gasteiger partial charge < -0.3 is 15.0 Å². The summed E-state index contributed by atoms with van der Waals surface area (Å²) in [4.78, 5) is 30.0. The Morgan fingerprint density at radius 3 is 2.04 bits per heavy atom. The molecule has 0 saturated carbocycles. The molecule has 2 amide bonds. The standard InChI is InChI=1S/C35H38ClN3O5S/c1-35(2,3)37-34(41)31(23-26-15-7-5-8-16-26)38(24-27-17-11-12-20-29(27)36)33(40)25-39(30-21-13-14-22-32(30)44-4)45(42,43)28-18-9-6-10-19-28/h5-22,31H,23-25H2,1-4H3,(H,37,41). The molecule has 4 aromatic rings. The van der Waals surface area contributed by atoms with E-state index in [-0.39, 0.29) is 35.2 Å². The van der Waals surface area contributed by atoms with E-state index in [4.69, 9.17) is 16.3 Å². The molecule has 8 nitrogen and oxygen atoms in total. The van der Waals surface area contributed by atoms with Crippen molar-refractivity contribution < 1.29 is 22.7 Å². The summed E-state index contributed by atoms with van der Waals surface area (Å²) in [7, 11) is -2.82. The molecule has 0 saturated heterocycles. The SMILES string of the molecule is COc1ccccc1N(CC(=O)N(Cc1ccccc1Cl)C(Cc1ccccc1)C(=O)NC(C)(C)C)S(=O)(=O)c1ccccc1. The van der Waals surface area contributed by atoms with Crippen LogP contribution in [0.25, 0.3) is 0 Å². The van der Waals surface area contributed by atoms with Crippen LogP contribution in [0.1, 0.15) is 31.9 Å². The Labute approximate surface area is 270 Å². The lowest BCUT2D eigenvalue weighted by Crippen LogP contribution is -2.56. The van der Waals surface area contributed by atoms with E-state index in [0.29, 0.717) is 10.6 Å². The summed E-state index contributed by atoms with van der Waals surface area (Å²) in [6.45, 7) is 4.95. The zero-order valence-electron chi connectivity index (χ0n) is 25.8. The number of anilines is 1. The Morgan fingerprint density at radius 2 is 1.42 bits per heavy atom. The van der Waals surface area contributed by atoms with E-state index in [2.05, 4.69) is 5.32 Å². The first-order chi connectivity index (χ1) is 21.4. The van der Waals surface area contributed by atoms with Crippen LogP contribution < -0.4 is 14.4 Å². The van der Waals surface area contributed by atoms with E-state index in [0.717, 1.165) is 9.87 Å². The van der Waals surface area contributed by atoms with Gasteiger partial charge in [0.25, 0.3) is 10.0 Å². The van der Waals surface area contributed by atoms with Crippen LogP contribution >= 0.6 is 11.6 Å². The van der Waals surface area contributed by atoms with E-state index in [9.17, 15) is 18.0 Å². The van der Waals surface area contributed by atoms with Crippen molar-refractivity contribution in [1.29, 1.82) is 0 Å². The van der Waals surface area contributed by atoms with Crippen LogP contribution in [0, 0.1) is 0 Å². The average Bonchev–Trinajstić information content (AvgIpc) is 3.02. The molecule has 0 aliphatic rings. The van der Waals surface area contributed by atoms with Gasteiger partial charge in [-0.15, -0.1) is 0 Å². The Hall–Kier alpha value is -4.34.